The molecule has 0 aliphatic rings. The van der Waals surface area contributed by atoms with E-state index >= 15 is 0 Å². The lowest BCUT2D eigenvalue weighted by atomic mass is 10.1. The number of rotatable bonds is 6. The number of nitrogens with zero attached hydrogens (tertiary/aromatic N) is 2. The van der Waals surface area contributed by atoms with E-state index in [0.717, 1.165) is 6.07 Å². The Labute approximate surface area is 142 Å². The zero-order valence-corrected chi connectivity index (χ0v) is 12.8. The number of aliphatic carboxylic acids is 1. The lowest BCUT2D eigenvalue weighted by molar-refractivity contribution is -0.139. The zero-order valence-electron chi connectivity index (χ0n) is 12.8. The van der Waals surface area contributed by atoms with E-state index in [1.807, 2.05) is 0 Å². The van der Waals surface area contributed by atoms with Crippen LogP contribution in [0.5, 0.6) is 5.75 Å². The summed E-state index contributed by atoms with van der Waals surface area (Å²) in [6, 6.07) is 11.7. The van der Waals surface area contributed by atoms with Gasteiger partial charge < -0.3 is 9.84 Å². The number of carbonyl (C=O) groups is 2. The van der Waals surface area contributed by atoms with E-state index < -0.39 is 24.3 Å². The number of para-hydroxylation sites is 1. The Morgan fingerprint density at radius 1 is 1.32 bits per heavy atom. The first-order chi connectivity index (χ1) is 12.0. The quantitative estimate of drug-likeness (QED) is 0.616. The molecule has 0 unspecified atom stereocenters. The number of carboxylic acids is 1. The summed E-state index contributed by atoms with van der Waals surface area (Å²) < 4.78 is 18.8. The molecule has 2 N–H and O–H groups in total. The molecule has 25 heavy (non-hydrogen) atoms. The minimum Gasteiger partial charge on any atom is -0.481 e. The van der Waals surface area contributed by atoms with Crippen molar-refractivity contribution in [2.75, 3.05) is 6.61 Å². The summed E-state index contributed by atoms with van der Waals surface area (Å²) in [5.74, 6) is -2.48. The molecule has 2 aromatic rings. The molecule has 0 aliphatic heterocycles. The number of hydrazone groups is 1. The van der Waals surface area contributed by atoms with E-state index in [4.69, 9.17) is 15.1 Å². The fourth-order valence-corrected chi connectivity index (χ4v) is 1.85. The van der Waals surface area contributed by atoms with E-state index in [9.17, 15) is 14.0 Å². The number of hydrogen-bond donors (Lipinski definition) is 2. The number of carboxylic acid groups (broad SMARTS) is 1. The second-order valence-corrected chi connectivity index (χ2v) is 4.73. The molecule has 0 radical (unpaired) electrons. The predicted molar refractivity (Wildman–Crippen MR) is 85.7 cm³/mol. The van der Waals surface area contributed by atoms with Gasteiger partial charge in [-0.15, -0.1) is 0 Å². The molecular formula is C17H12FN3O4. The van der Waals surface area contributed by atoms with Gasteiger partial charge in [0.25, 0.3) is 5.91 Å². The Bertz CT molecular complexity index is 874. The third kappa shape index (κ3) is 4.87. The van der Waals surface area contributed by atoms with Gasteiger partial charge in [0, 0.05) is 5.56 Å². The summed E-state index contributed by atoms with van der Waals surface area (Å²) in [7, 11) is 0. The molecular weight excluding hydrogens is 329 g/mol. The van der Waals surface area contributed by atoms with Crippen molar-refractivity contribution in [3.05, 3.63) is 65.0 Å². The SMILES string of the molecule is N#Cc1ccc(C(=O)N/N=C\c2ccccc2OCC(=O)O)c(F)c1. The molecule has 2 rings (SSSR count). The molecule has 7 nitrogen and oxygen atoms in total. The average molecular weight is 341 g/mol. The molecule has 0 aromatic heterocycles. The zero-order chi connectivity index (χ0) is 18.2. The van der Waals surface area contributed by atoms with Crippen LogP contribution in [0.3, 0.4) is 0 Å². The van der Waals surface area contributed by atoms with Crippen LogP contribution in [0.25, 0.3) is 0 Å². The van der Waals surface area contributed by atoms with E-state index in [1.165, 1.54) is 18.3 Å². The minimum atomic E-state index is -1.13. The topological polar surface area (TPSA) is 112 Å². The molecule has 0 aliphatic carbocycles. The van der Waals surface area contributed by atoms with Crippen LogP contribution < -0.4 is 10.2 Å². The summed E-state index contributed by atoms with van der Waals surface area (Å²) in [6.45, 7) is -0.520. The molecule has 126 valence electrons. The lowest BCUT2D eigenvalue weighted by Crippen LogP contribution is -2.19. The summed E-state index contributed by atoms with van der Waals surface area (Å²) in [5.41, 5.74) is 2.43. The van der Waals surface area contributed by atoms with Gasteiger partial charge in [-0.05, 0) is 30.3 Å². The smallest absolute Gasteiger partial charge is 0.341 e. The fraction of sp³-hybridized carbons (Fsp3) is 0.0588. The van der Waals surface area contributed by atoms with E-state index in [2.05, 4.69) is 10.5 Å². The molecule has 0 bridgehead atoms. The Kier molecular flexibility index (Phi) is 5.79. The highest BCUT2D eigenvalue weighted by atomic mass is 19.1. The van der Waals surface area contributed by atoms with Crippen molar-refractivity contribution >= 4 is 18.1 Å². The number of carbonyl (C=O) groups excluding carboxylic acids is 1. The van der Waals surface area contributed by atoms with Crippen LogP contribution >= 0.6 is 0 Å². The number of ether oxygens (including phenoxy) is 1. The van der Waals surface area contributed by atoms with Gasteiger partial charge in [0.05, 0.1) is 23.4 Å². The summed E-state index contributed by atoms with van der Waals surface area (Å²) in [5, 5.41) is 21.0. The summed E-state index contributed by atoms with van der Waals surface area (Å²) >= 11 is 0. The van der Waals surface area contributed by atoms with Crippen LogP contribution in [0.4, 0.5) is 4.39 Å². The highest BCUT2D eigenvalue weighted by Crippen LogP contribution is 2.15. The second-order valence-electron chi connectivity index (χ2n) is 4.73. The van der Waals surface area contributed by atoms with E-state index in [-0.39, 0.29) is 16.9 Å². The maximum Gasteiger partial charge on any atom is 0.341 e. The van der Waals surface area contributed by atoms with Crippen molar-refractivity contribution < 1.29 is 23.8 Å². The highest BCUT2D eigenvalue weighted by molar-refractivity contribution is 5.95. The minimum absolute atomic E-state index is 0.0991. The van der Waals surface area contributed by atoms with Crippen molar-refractivity contribution in [3.8, 4) is 11.8 Å². The Balaban J connectivity index is 2.07. The molecule has 0 saturated heterocycles. The standard InChI is InChI=1S/C17H12FN3O4/c18-14-7-11(8-19)5-6-13(14)17(24)21-20-9-12-3-1-2-4-15(12)25-10-16(22)23/h1-7,9H,10H2,(H,21,24)(H,22,23)/b20-9-. The number of nitriles is 1. The first-order valence-corrected chi connectivity index (χ1v) is 6.98. The third-order valence-electron chi connectivity index (χ3n) is 2.98. The van der Waals surface area contributed by atoms with Crippen LogP contribution in [-0.2, 0) is 4.79 Å². The van der Waals surface area contributed by atoms with Crippen molar-refractivity contribution in [2.45, 2.75) is 0 Å². The number of amides is 1. The molecule has 0 heterocycles. The number of hydrogen-bond acceptors (Lipinski definition) is 5. The molecule has 2 aromatic carbocycles. The maximum atomic E-state index is 13.7. The van der Waals surface area contributed by atoms with Crippen LogP contribution in [0, 0.1) is 17.1 Å². The van der Waals surface area contributed by atoms with Crippen LogP contribution in [-0.4, -0.2) is 29.8 Å². The molecule has 1 amide bonds. The fourth-order valence-electron chi connectivity index (χ4n) is 1.85. The van der Waals surface area contributed by atoms with Crippen LogP contribution in [0.2, 0.25) is 0 Å². The molecule has 0 saturated carbocycles. The molecule has 0 fully saturated rings. The van der Waals surface area contributed by atoms with Gasteiger partial charge in [0.15, 0.2) is 6.61 Å². The summed E-state index contributed by atoms with van der Waals surface area (Å²) in [4.78, 5) is 22.4. The maximum absolute atomic E-state index is 13.7. The van der Waals surface area contributed by atoms with Gasteiger partial charge in [0.1, 0.15) is 11.6 Å². The van der Waals surface area contributed by atoms with Gasteiger partial charge in [-0.3, -0.25) is 4.79 Å². The lowest BCUT2D eigenvalue weighted by Gasteiger charge is -2.06. The van der Waals surface area contributed by atoms with E-state index in [0.29, 0.717) is 5.56 Å². The van der Waals surface area contributed by atoms with Crippen molar-refractivity contribution in [3.63, 3.8) is 0 Å². The third-order valence-corrected chi connectivity index (χ3v) is 2.98. The Hall–Kier alpha value is -3.73. The Morgan fingerprint density at radius 2 is 2.08 bits per heavy atom. The van der Waals surface area contributed by atoms with E-state index in [1.54, 1.807) is 30.3 Å². The second kappa shape index (κ2) is 8.21. The van der Waals surface area contributed by atoms with Crippen molar-refractivity contribution in [1.82, 2.24) is 5.43 Å². The van der Waals surface area contributed by atoms with Gasteiger partial charge in [-0.25, -0.2) is 14.6 Å². The normalized spacial score (nSPS) is 10.2. The van der Waals surface area contributed by atoms with Gasteiger partial charge in [-0.2, -0.15) is 10.4 Å². The first-order valence-electron chi connectivity index (χ1n) is 6.98. The van der Waals surface area contributed by atoms with Crippen LogP contribution in [0.1, 0.15) is 21.5 Å². The van der Waals surface area contributed by atoms with Crippen molar-refractivity contribution in [2.24, 2.45) is 5.10 Å². The summed E-state index contributed by atoms with van der Waals surface area (Å²) in [6.07, 6.45) is 1.25. The first kappa shape index (κ1) is 17.6. The number of benzene rings is 2. The number of halogens is 1. The monoisotopic (exact) mass is 341 g/mol. The highest BCUT2D eigenvalue weighted by Gasteiger charge is 2.11. The predicted octanol–water partition coefficient (Wildman–Crippen LogP) is 1.92. The largest absolute Gasteiger partial charge is 0.481 e. The Morgan fingerprint density at radius 3 is 2.76 bits per heavy atom. The molecule has 0 spiro atoms. The van der Waals surface area contributed by atoms with Gasteiger partial charge >= 0.3 is 5.97 Å². The number of nitrogens with one attached hydrogen (secondary N) is 1. The van der Waals surface area contributed by atoms with Crippen molar-refractivity contribution in [1.29, 1.82) is 5.26 Å². The van der Waals surface area contributed by atoms with Gasteiger partial charge in [-0.1, -0.05) is 12.1 Å². The average Bonchev–Trinajstić information content (AvgIpc) is 2.60. The molecule has 0 atom stereocenters. The van der Waals surface area contributed by atoms with Crippen LogP contribution in [0.15, 0.2) is 47.6 Å². The van der Waals surface area contributed by atoms with Gasteiger partial charge in [0.2, 0.25) is 0 Å². The molecule has 8 heteroatoms.